The molecule has 1 aliphatic heterocycles. The van der Waals surface area contributed by atoms with E-state index < -0.39 is 59.5 Å². The first-order valence-corrected chi connectivity index (χ1v) is 14.8. The highest BCUT2D eigenvalue weighted by molar-refractivity contribution is 5.95. The second-order valence-corrected chi connectivity index (χ2v) is 12.3. The Balaban J connectivity index is 1.23. The standard InChI is InChI=1S/C32H30F5N3O5/c33-22-9-1-16(11-23(22)34)27-28-21(31(38,15-43-28)32(35,36)37)13-26(40-27)30(42,18-3-4-18)14-39-29(41)17-2-10-24(44-19-5-6-19)25(12-17)45-20-7-8-20/h1-2,9-13,18-20,42H,3-8,14-15,38H2,(H,39,41)/t30?,31-/m0/s1. The van der Waals surface area contributed by atoms with E-state index in [1.54, 1.807) is 18.2 Å². The summed E-state index contributed by atoms with van der Waals surface area (Å²) >= 11 is 0. The minimum Gasteiger partial charge on any atom is -0.488 e. The van der Waals surface area contributed by atoms with Crippen LogP contribution in [0.25, 0.3) is 11.3 Å². The Morgan fingerprint density at radius 1 is 0.978 bits per heavy atom. The molecule has 4 aliphatic rings. The summed E-state index contributed by atoms with van der Waals surface area (Å²) in [6.45, 7) is -1.37. The third-order valence-corrected chi connectivity index (χ3v) is 8.65. The fourth-order valence-electron chi connectivity index (χ4n) is 5.46. The number of rotatable bonds is 10. The summed E-state index contributed by atoms with van der Waals surface area (Å²) in [4.78, 5) is 17.8. The molecule has 0 saturated heterocycles. The van der Waals surface area contributed by atoms with Crippen LogP contribution in [-0.4, -0.2) is 47.5 Å². The quantitative estimate of drug-likeness (QED) is 0.262. The highest BCUT2D eigenvalue weighted by Gasteiger charge is 2.59. The van der Waals surface area contributed by atoms with E-state index in [2.05, 4.69) is 10.3 Å². The summed E-state index contributed by atoms with van der Waals surface area (Å²) in [6, 6.07) is 8.58. The van der Waals surface area contributed by atoms with E-state index in [4.69, 9.17) is 19.9 Å². The van der Waals surface area contributed by atoms with Crippen LogP contribution in [0.15, 0.2) is 42.5 Å². The highest BCUT2D eigenvalue weighted by Crippen LogP contribution is 2.52. The van der Waals surface area contributed by atoms with Crippen molar-refractivity contribution in [1.82, 2.24) is 10.3 Å². The zero-order chi connectivity index (χ0) is 31.7. The van der Waals surface area contributed by atoms with Gasteiger partial charge in [-0.1, -0.05) is 0 Å². The number of hydrogen-bond acceptors (Lipinski definition) is 7. The van der Waals surface area contributed by atoms with Gasteiger partial charge in [0.05, 0.1) is 24.4 Å². The van der Waals surface area contributed by atoms with E-state index in [1.807, 2.05) is 0 Å². The lowest BCUT2D eigenvalue weighted by Gasteiger charge is -2.31. The van der Waals surface area contributed by atoms with Gasteiger partial charge in [0.2, 0.25) is 0 Å². The number of amides is 1. The molecular weight excluding hydrogens is 601 g/mol. The van der Waals surface area contributed by atoms with Crippen LogP contribution in [-0.2, 0) is 11.1 Å². The summed E-state index contributed by atoms with van der Waals surface area (Å²) in [6.07, 6.45) is -0.0670. The summed E-state index contributed by atoms with van der Waals surface area (Å²) in [5, 5.41) is 14.7. The van der Waals surface area contributed by atoms with E-state index >= 15 is 0 Å². The maximum absolute atomic E-state index is 14.3. The number of benzene rings is 2. The fourth-order valence-corrected chi connectivity index (χ4v) is 5.46. The molecule has 2 atom stereocenters. The van der Waals surface area contributed by atoms with E-state index in [1.165, 1.54) is 0 Å². The first-order chi connectivity index (χ1) is 21.4. The SMILES string of the molecule is N[C@@]1(C(F)(F)F)COc2c1cc(C(O)(CNC(=O)c1ccc(OC3CC3)c(OC3CC3)c1)C1CC1)nc2-c1ccc(F)c(F)c1. The van der Waals surface area contributed by atoms with Gasteiger partial charge in [-0.05, 0) is 86.9 Å². The van der Waals surface area contributed by atoms with Gasteiger partial charge in [0, 0.05) is 16.7 Å². The van der Waals surface area contributed by atoms with Crippen LogP contribution in [0.1, 0.15) is 60.1 Å². The topological polar surface area (TPSA) is 116 Å². The molecule has 1 aromatic heterocycles. The molecule has 8 nitrogen and oxygen atoms in total. The first kappa shape index (κ1) is 29.7. The van der Waals surface area contributed by atoms with Crippen molar-refractivity contribution in [3.8, 4) is 28.5 Å². The molecule has 45 heavy (non-hydrogen) atoms. The Morgan fingerprint density at radius 3 is 2.29 bits per heavy atom. The van der Waals surface area contributed by atoms with E-state index in [0.29, 0.717) is 24.3 Å². The van der Waals surface area contributed by atoms with Crippen molar-refractivity contribution in [2.45, 2.75) is 68.0 Å². The molecule has 13 heteroatoms. The molecular formula is C32H30F5N3O5. The number of ether oxygens (including phenoxy) is 3. The molecule has 7 rings (SSSR count). The minimum absolute atomic E-state index is 0.0508. The van der Waals surface area contributed by atoms with Crippen molar-refractivity contribution in [3.05, 3.63) is 70.9 Å². The van der Waals surface area contributed by atoms with Crippen molar-refractivity contribution in [3.63, 3.8) is 0 Å². The number of carbonyl (C=O) groups excluding carboxylic acids is 1. The number of pyridine rings is 1. The van der Waals surface area contributed by atoms with Crippen molar-refractivity contribution in [2.75, 3.05) is 13.2 Å². The Labute approximate surface area is 254 Å². The molecule has 3 fully saturated rings. The average Bonchev–Trinajstić information content (AvgIpc) is 3.85. The molecule has 1 unspecified atom stereocenters. The monoisotopic (exact) mass is 631 g/mol. The van der Waals surface area contributed by atoms with Gasteiger partial charge in [-0.15, -0.1) is 0 Å². The van der Waals surface area contributed by atoms with Crippen LogP contribution < -0.4 is 25.3 Å². The molecule has 3 aromatic rings. The number of nitrogens with one attached hydrogen (secondary N) is 1. The lowest BCUT2D eigenvalue weighted by molar-refractivity contribution is -0.191. The van der Waals surface area contributed by atoms with Gasteiger partial charge >= 0.3 is 6.18 Å². The number of aliphatic hydroxyl groups is 1. The molecule has 3 saturated carbocycles. The van der Waals surface area contributed by atoms with Crippen LogP contribution in [0.5, 0.6) is 17.2 Å². The molecule has 1 amide bonds. The van der Waals surface area contributed by atoms with Gasteiger partial charge < -0.3 is 30.4 Å². The van der Waals surface area contributed by atoms with Crippen molar-refractivity contribution in [1.29, 1.82) is 0 Å². The molecule has 3 aliphatic carbocycles. The number of aromatic nitrogens is 1. The molecule has 0 radical (unpaired) electrons. The Hall–Kier alpha value is -3.97. The number of carbonyl (C=O) groups is 1. The summed E-state index contributed by atoms with van der Waals surface area (Å²) in [5.74, 6) is -2.78. The van der Waals surface area contributed by atoms with Crippen LogP contribution in [0.3, 0.4) is 0 Å². The molecule has 238 valence electrons. The minimum atomic E-state index is -4.95. The maximum Gasteiger partial charge on any atom is 0.414 e. The third kappa shape index (κ3) is 5.56. The van der Waals surface area contributed by atoms with Gasteiger partial charge in [0.1, 0.15) is 17.9 Å². The largest absolute Gasteiger partial charge is 0.488 e. The zero-order valence-corrected chi connectivity index (χ0v) is 23.9. The second kappa shape index (κ2) is 10.5. The van der Waals surface area contributed by atoms with Gasteiger partial charge in [-0.2, -0.15) is 13.2 Å². The Morgan fingerprint density at radius 2 is 1.67 bits per heavy atom. The van der Waals surface area contributed by atoms with E-state index in [0.717, 1.165) is 49.9 Å². The number of alkyl halides is 3. The van der Waals surface area contributed by atoms with Crippen LogP contribution >= 0.6 is 0 Å². The smallest absolute Gasteiger partial charge is 0.414 e. The van der Waals surface area contributed by atoms with Gasteiger partial charge in [0.15, 0.2) is 34.4 Å². The number of halogens is 5. The molecule has 2 heterocycles. The highest BCUT2D eigenvalue weighted by atomic mass is 19.4. The van der Waals surface area contributed by atoms with Crippen molar-refractivity contribution < 1.29 is 46.1 Å². The normalized spacial score (nSPS) is 22.3. The molecule has 4 N–H and O–H groups in total. The maximum atomic E-state index is 14.3. The van der Waals surface area contributed by atoms with E-state index in [9.17, 15) is 31.9 Å². The van der Waals surface area contributed by atoms with Gasteiger partial charge in [-0.3, -0.25) is 4.79 Å². The average molecular weight is 632 g/mol. The van der Waals surface area contributed by atoms with Crippen molar-refractivity contribution in [2.24, 2.45) is 11.7 Å². The lowest BCUT2D eigenvalue weighted by Crippen LogP contribution is -2.52. The molecule has 0 bridgehead atoms. The van der Waals surface area contributed by atoms with E-state index in [-0.39, 0.29) is 40.5 Å². The number of nitrogens with two attached hydrogens (primary N) is 1. The summed E-state index contributed by atoms with van der Waals surface area (Å²) in [5.41, 5.74) is 0.205. The number of nitrogens with zero attached hydrogens (tertiary/aromatic N) is 1. The number of hydrogen-bond donors (Lipinski definition) is 3. The molecule has 0 spiro atoms. The third-order valence-electron chi connectivity index (χ3n) is 8.65. The van der Waals surface area contributed by atoms with Gasteiger partial charge in [0.25, 0.3) is 5.91 Å². The zero-order valence-electron chi connectivity index (χ0n) is 23.9. The summed E-state index contributed by atoms with van der Waals surface area (Å²) < 4.78 is 88.0. The van der Waals surface area contributed by atoms with Gasteiger partial charge in [-0.25, -0.2) is 13.8 Å². The Kier molecular flexibility index (Phi) is 6.97. The lowest BCUT2D eigenvalue weighted by atomic mass is 9.86. The second-order valence-electron chi connectivity index (χ2n) is 12.3. The summed E-state index contributed by atoms with van der Waals surface area (Å²) in [7, 11) is 0. The fraction of sp³-hybridized carbons (Fsp3) is 0.438. The van der Waals surface area contributed by atoms with Crippen molar-refractivity contribution >= 4 is 5.91 Å². The first-order valence-electron chi connectivity index (χ1n) is 14.8. The van der Waals surface area contributed by atoms with Crippen LogP contribution in [0, 0.1) is 17.6 Å². The predicted octanol–water partition coefficient (Wildman–Crippen LogP) is 5.25. The number of fused-ring (bicyclic) bond motifs is 1. The molecule has 2 aromatic carbocycles. The predicted molar refractivity (Wildman–Crippen MR) is 150 cm³/mol. The van der Waals surface area contributed by atoms with Crippen LogP contribution in [0.2, 0.25) is 0 Å². The Bertz CT molecular complexity index is 1670. The van der Waals surface area contributed by atoms with Crippen LogP contribution in [0.4, 0.5) is 22.0 Å².